The summed E-state index contributed by atoms with van der Waals surface area (Å²) in [6.07, 6.45) is 3.05. The predicted octanol–water partition coefficient (Wildman–Crippen LogP) is 4.26. The van der Waals surface area contributed by atoms with Crippen molar-refractivity contribution >= 4 is 28.1 Å². The van der Waals surface area contributed by atoms with E-state index in [9.17, 15) is 4.79 Å². The minimum absolute atomic E-state index is 0.0112. The van der Waals surface area contributed by atoms with Crippen LogP contribution in [-0.2, 0) is 6.42 Å². The maximum absolute atomic E-state index is 12.3. The van der Waals surface area contributed by atoms with Gasteiger partial charge in [-0.05, 0) is 56.0 Å². The van der Waals surface area contributed by atoms with Gasteiger partial charge in [-0.1, -0.05) is 30.3 Å². The average Bonchev–Trinajstić information content (AvgIpc) is 3.39. The van der Waals surface area contributed by atoms with E-state index in [0.717, 1.165) is 46.9 Å². The van der Waals surface area contributed by atoms with Crippen molar-refractivity contribution in [2.24, 2.45) is 5.73 Å². The molecule has 1 aliphatic rings. The zero-order valence-corrected chi connectivity index (χ0v) is 16.7. The Labute approximate surface area is 169 Å². The van der Waals surface area contributed by atoms with Gasteiger partial charge in [-0.3, -0.25) is 4.79 Å². The van der Waals surface area contributed by atoms with Crippen molar-refractivity contribution in [3.05, 3.63) is 64.5 Å². The number of thiazole rings is 1. The first-order valence-corrected chi connectivity index (χ1v) is 10.4. The molecule has 28 heavy (non-hydrogen) atoms. The smallest absolute Gasteiger partial charge is 0.251 e. The third kappa shape index (κ3) is 4.40. The van der Waals surface area contributed by atoms with E-state index in [4.69, 9.17) is 10.7 Å². The molecule has 1 aromatic heterocycles. The zero-order valence-electron chi connectivity index (χ0n) is 15.9. The number of aryl methyl sites for hydroxylation is 1. The van der Waals surface area contributed by atoms with E-state index in [1.54, 1.807) is 11.3 Å². The van der Waals surface area contributed by atoms with Gasteiger partial charge in [0.1, 0.15) is 0 Å². The molecule has 0 aliphatic heterocycles. The quantitative estimate of drug-likeness (QED) is 0.561. The Morgan fingerprint density at radius 3 is 2.71 bits per heavy atom. The van der Waals surface area contributed by atoms with Crippen molar-refractivity contribution in [2.75, 3.05) is 11.9 Å². The number of hydrogen-bond acceptors (Lipinski definition) is 5. The Morgan fingerprint density at radius 2 is 2.00 bits per heavy atom. The highest BCUT2D eigenvalue weighted by Gasteiger charge is 2.24. The van der Waals surface area contributed by atoms with E-state index in [2.05, 4.69) is 34.9 Å². The average molecular weight is 393 g/mol. The lowest BCUT2D eigenvalue weighted by molar-refractivity contribution is 0.0951. The fourth-order valence-electron chi connectivity index (χ4n) is 2.98. The van der Waals surface area contributed by atoms with Gasteiger partial charge >= 0.3 is 0 Å². The summed E-state index contributed by atoms with van der Waals surface area (Å²) in [6, 6.07) is 14.4. The number of nitrogens with one attached hydrogen (secondary N) is 2. The molecule has 1 heterocycles. The van der Waals surface area contributed by atoms with Crippen molar-refractivity contribution in [3.63, 3.8) is 0 Å². The van der Waals surface area contributed by atoms with Crippen LogP contribution >= 0.6 is 11.3 Å². The van der Waals surface area contributed by atoms with Crippen LogP contribution in [0.5, 0.6) is 0 Å². The van der Waals surface area contributed by atoms with Crippen LogP contribution in [0, 0.1) is 6.92 Å². The van der Waals surface area contributed by atoms with Crippen LogP contribution in [0.2, 0.25) is 0 Å². The molecule has 0 unspecified atom stereocenters. The molecule has 1 fully saturated rings. The Hall–Kier alpha value is -2.70. The number of benzene rings is 2. The minimum atomic E-state index is -0.0112. The maximum Gasteiger partial charge on any atom is 0.251 e. The van der Waals surface area contributed by atoms with E-state index < -0.39 is 0 Å². The van der Waals surface area contributed by atoms with Gasteiger partial charge in [0.2, 0.25) is 0 Å². The summed E-state index contributed by atoms with van der Waals surface area (Å²) in [7, 11) is 0. The molecule has 4 N–H and O–H groups in total. The van der Waals surface area contributed by atoms with Crippen molar-refractivity contribution < 1.29 is 4.79 Å². The molecule has 0 spiro atoms. The second-order valence-corrected chi connectivity index (χ2v) is 8.03. The molecule has 144 valence electrons. The van der Waals surface area contributed by atoms with Crippen molar-refractivity contribution in [1.82, 2.24) is 10.3 Å². The summed E-state index contributed by atoms with van der Waals surface area (Å²) in [5.41, 5.74) is 11.5. The predicted molar refractivity (Wildman–Crippen MR) is 115 cm³/mol. The molecule has 0 saturated heterocycles. The minimum Gasteiger partial charge on any atom is -0.349 e. The van der Waals surface area contributed by atoms with E-state index in [1.165, 1.54) is 5.56 Å². The highest BCUT2D eigenvalue weighted by Crippen LogP contribution is 2.29. The summed E-state index contributed by atoms with van der Waals surface area (Å²) < 4.78 is 0. The molecular formula is C22H24N4OS. The molecule has 6 heteroatoms. The molecule has 3 aromatic rings. The van der Waals surface area contributed by atoms with Crippen LogP contribution in [0.15, 0.2) is 47.8 Å². The number of amides is 1. The Balaban J connectivity index is 1.49. The van der Waals surface area contributed by atoms with Crippen LogP contribution < -0.4 is 16.4 Å². The topological polar surface area (TPSA) is 80.0 Å². The second-order valence-electron chi connectivity index (χ2n) is 7.18. The fraction of sp³-hybridized carbons (Fsp3) is 0.273. The largest absolute Gasteiger partial charge is 0.349 e. The monoisotopic (exact) mass is 392 g/mol. The first kappa shape index (κ1) is 18.7. The molecular weight excluding hydrogens is 368 g/mol. The second kappa shape index (κ2) is 8.12. The van der Waals surface area contributed by atoms with Gasteiger partial charge in [0.15, 0.2) is 5.13 Å². The van der Waals surface area contributed by atoms with Gasteiger partial charge in [0.05, 0.1) is 5.69 Å². The molecule has 5 nitrogen and oxygen atoms in total. The van der Waals surface area contributed by atoms with Crippen LogP contribution in [-0.4, -0.2) is 23.5 Å². The van der Waals surface area contributed by atoms with Crippen molar-refractivity contribution in [3.8, 4) is 11.3 Å². The molecule has 0 radical (unpaired) electrons. The van der Waals surface area contributed by atoms with Crippen molar-refractivity contribution in [1.29, 1.82) is 0 Å². The van der Waals surface area contributed by atoms with E-state index in [-0.39, 0.29) is 5.91 Å². The lowest BCUT2D eigenvalue weighted by atomic mass is 10.1. The third-order valence-corrected chi connectivity index (χ3v) is 5.60. The number of aromatic nitrogens is 1. The summed E-state index contributed by atoms with van der Waals surface area (Å²) in [6.45, 7) is 2.68. The number of rotatable bonds is 7. The van der Waals surface area contributed by atoms with Gasteiger partial charge in [-0.15, -0.1) is 11.3 Å². The summed E-state index contributed by atoms with van der Waals surface area (Å²) in [4.78, 5) is 17.0. The normalized spacial score (nSPS) is 13.4. The molecule has 0 atom stereocenters. The van der Waals surface area contributed by atoms with Gasteiger partial charge in [-0.25, -0.2) is 4.98 Å². The lowest BCUT2D eigenvalue weighted by Crippen LogP contribution is -2.25. The van der Waals surface area contributed by atoms with Crippen molar-refractivity contribution in [2.45, 2.75) is 32.2 Å². The number of anilines is 2. The summed E-state index contributed by atoms with van der Waals surface area (Å²) in [5.74, 6) is -0.0112. The van der Waals surface area contributed by atoms with Crippen LogP contribution in [0.25, 0.3) is 11.3 Å². The van der Waals surface area contributed by atoms with Crippen LogP contribution in [0.1, 0.15) is 34.3 Å². The van der Waals surface area contributed by atoms with E-state index >= 15 is 0 Å². The first-order chi connectivity index (χ1) is 13.6. The molecule has 4 rings (SSSR count). The molecule has 1 aliphatic carbocycles. The molecule has 0 bridgehead atoms. The summed E-state index contributed by atoms with van der Waals surface area (Å²) >= 11 is 1.55. The first-order valence-electron chi connectivity index (χ1n) is 9.56. The number of carbonyl (C=O) groups excluding carboxylic acids is 1. The van der Waals surface area contributed by atoms with E-state index in [0.29, 0.717) is 18.2 Å². The standard InChI is InChI=1S/C22H24N4OS/c1-14-2-5-17(21(27)24-18-8-9-18)12-19(14)25-22-26-20(13-28-22)16-6-3-15(4-7-16)10-11-23/h2-7,12-13,18H,8-11,23H2,1H3,(H,24,27)(H,25,26). The summed E-state index contributed by atoms with van der Waals surface area (Å²) in [5, 5.41) is 9.25. The SMILES string of the molecule is Cc1ccc(C(=O)NC2CC2)cc1Nc1nc(-c2ccc(CCN)cc2)cs1. The van der Waals surface area contributed by atoms with Gasteiger partial charge in [0, 0.05) is 28.2 Å². The zero-order chi connectivity index (χ0) is 19.5. The van der Waals surface area contributed by atoms with Crippen LogP contribution in [0.4, 0.5) is 10.8 Å². The lowest BCUT2D eigenvalue weighted by Gasteiger charge is -2.10. The molecule has 1 saturated carbocycles. The number of carbonyl (C=O) groups is 1. The third-order valence-electron chi connectivity index (χ3n) is 4.84. The van der Waals surface area contributed by atoms with Gasteiger partial charge in [-0.2, -0.15) is 0 Å². The molecule has 1 amide bonds. The Kier molecular flexibility index (Phi) is 5.41. The Morgan fingerprint density at radius 1 is 1.21 bits per heavy atom. The highest BCUT2D eigenvalue weighted by atomic mass is 32.1. The number of nitrogens with two attached hydrogens (primary N) is 1. The maximum atomic E-state index is 12.3. The highest BCUT2D eigenvalue weighted by molar-refractivity contribution is 7.14. The van der Waals surface area contributed by atoms with Gasteiger partial charge < -0.3 is 16.4 Å². The fourth-order valence-corrected chi connectivity index (χ4v) is 3.71. The number of hydrogen-bond donors (Lipinski definition) is 3. The molecule has 2 aromatic carbocycles. The van der Waals surface area contributed by atoms with E-state index in [1.807, 2.05) is 30.5 Å². The Bertz CT molecular complexity index is 976. The number of nitrogens with zero attached hydrogens (tertiary/aromatic N) is 1. The van der Waals surface area contributed by atoms with Crippen LogP contribution in [0.3, 0.4) is 0 Å². The van der Waals surface area contributed by atoms with Gasteiger partial charge in [0.25, 0.3) is 5.91 Å².